The molecule has 1 fully saturated rings. The Balaban J connectivity index is 2.17. The zero-order valence-electron chi connectivity index (χ0n) is 9.18. The highest BCUT2D eigenvalue weighted by Gasteiger charge is 2.20. The van der Waals surface area contributed by atoms with Crippen molar-refractivity contribution in [3.8, 4) is 0 Å². The van der Waals surface area contributed by atoms with Gasteiger partial charge in [-0.15, -0.1) is 0 Å². The van der Waals surface area contributed by atoms with Gasteiger partial charge in [0.05, 0.1) is 0 Å². The van der Waals surface area contributed by atoms with Crippen LogP contribution in [0.4, 0.5) is 0 Å². The minimum Gasteiger partial charge on any atom is -0.396 e. The molecule has 0 atom stereocenters. The highest BCUT2D eigenvalue weighted by Crippen LogP contribution is 2.31. The average molecular weight is 184 g/mol. The van der Waals surface area contributed by atoms with E-state index in [1.165, 1.54) is 44.9 Å². The number of hydrogen-bond donors (Lipinski definition) is 1. The summed E-state index contributed by atoms with van der Waals surface area (Å²) < 4.78 is 0. The Hall–Kier alpha value is -0.0400. The molecule has 0 bridgehead atoms. The fraction of sp³-hybridized carbons (Fsp3) is 1.00. The maximum absolute atomic E-state index is 9.12. The zero-order chi connectivity index (χ0) is 9.73. The Morgan fingerprint density at radius 1 is 1.15 bits per heavy atom. The molecular formula is C12H24O. The molecule has 1 heteroatoms. The maximum atomic E-state index is 9.12. The zero-order valence-corrected chi connectivity index (χ0v) is 9.18. The maximum Gasteiger partial charge on any atom is 0.0482 e. The Bertz CT molecular complexity index is 134. The van der Waals surface area contributed by atoms with Crippen molar-refractivity contribution in [3.05, 3.63) is 0 Å². The van der Waals surface area contributed by atoms with Crippen LogP contribution in [0.25, 0.3) is 0 Å². The van der Waals surface area contributed by atoms with E-state index < -0.39 is 0 Å². The molecule has 13 heavy (non-hydrogen) atoms. The fourth-order valence-corrected chi connectivity index (χ4v) is 2.15. The molecule has 0 aromatic heterocycles. The number of aliphatic hydroxyl groups is 1. The summed E-state index contributed by atoms with van der Waals surface area (Å²) in [6.07, 6.45) is 9.69. The molecule has 0 aliphatic heterocycles. The summed E-state index contributed by atoms with van der Waals surface area (Å²) in [7, 11) is 0. The van der Waals surface area contributed by atoms with Crippen LogP contribution in [0.2, 0.25) is 0 Å². The van der Waals surface area contributed by atoms with Gasteiger partial charge >= 0.3 is 0 Å². The highest BCUT2D eigenvalue weighted by molar-refractivity contribution is 4.72. The molecule has 0 heterocycles. The molecule has 78 valence electrons. The molecule has 1 aliphatic carbocycles. The smallest absolute Gasteiger partial charge is 0.0482 e. The lowest BCUT2D eigenvalue weighted by Gasteiger charge is -2.27. The van der Waals surface area contributed by atoms with E-state index >= 15 is 0 Å². The van der Waals surface area contributed by atoms with Gasteiger partial charge in [-0.05, 0) is 24.2 Å². The van der Waals surface area contributed by atoms with E-state index in [0.717, 1.165) is 5.92 Å². The Kier molecular flexibility index (Phi) is 4.24. The third-order valence-electron chi connectivity index (χ3n) is 3.38. The first kappa shape index (κ1) is 11.0. The second-order valence-corrected chi connectivity index (χ2v) is 5.37. The van der Waals surface area contributed by atoms with Crippen molar-refractivity contribution < 1.29 is 5.11 Å². The van der Waals surface area contributed by atoms with Crippen molar-refractivity contribution in [1.82, 2.24) is 0 Å². The lowest BCUT2D eigenvalue weighted by molar-refractivity contribution is 0.137. The van der Waals surface area contributed by atoms with Gasteiger partial charge < -0.3 is 5.11 Å². The highest BCUT2D eigenvalue weighted by atomic mass is 16.3. The summed E-state index contributed by atoms with van der Waals surface area (Å²) in [5.74, 6) is 0.958. The quantitative estimate of drug-likeness (QED) is 0.710. The number of hydrogen-bond acceptors (Lipinski definition) is 1. The lowest BCUT2D eigenvalue weighted by Crippen LogP contribution is -2.18. The molecule has 0 radical (unpaired) electrons. The van der Waals surface area contributed by atoms with Gasteiger partial charge in [-0.1, -0.05) is 46.0 Å². The van der Waals surface area contributed by atoms with Crippen LogP contribution in [0.3, 0.4) is 0 Å². The second-order valence-electron chi connectivity index (χ2n) is 5.37. The Labute approximate surface area is 82.5 Å². The largest absolute Gasteiger partial charge is 0.396 e. The van der Waals surface area contributed by atoms with Crippen LogP contribution in [-0.4, -0.2) is 11.7 Å². The van der Waals surface area contributed by atoms with Crippen molar-refractivity contribution in [2.24, 2.45) is 11.3 Å². The van der Waals surface area contributed by atoms with E-state index in [1.807, 2.05) is 0 Å². The molecule has 0 aromatic carbocycles. The van der Waals surface area contributed by atoms with Crippen molar-refractivity contribution in [1.29, 1.82) is 0 Å². The predicted molar refractivity (Wildman–Crippen MR) is 56.7 cm³/mol. The van der Waals surface area contributed by atoms with Gasteiger partial charge in [0.25, 0.3) is 0 Å². The van der Waals surface area contributed by atoms with Gasteiger partial charge in [0, 0.05) is 6.61 Å². The second kappa shape index (κ2) is 4.99. The van der Waals surface area contributed by atoms with Gasteiger partial charge in [0.2, 0.25) is 0 Å². The first-order valence-corrected chi connectivity index (χ1v) is 5.75. The minimum atomic E-state index is 0.150. The van der Waals surface area contributed by atoms with E-state index in [-0.39, 0.29) is 5.41 Å². The topological polar surface area (TPSA) is 20.2 Å². The molecule has 1 N–H and O–H groups in total. The molecule has 0 aromatic rings. The van der Waals surface area contributed by atoms with Crippen LogP contribution in [0.15, 0.2) is 0 Å². The van der Waals surface area contributed by atoms with Gasteiger partial charge in [-0.25, -0.2) is 0 Å². The van der Waals surface area contributed by atoms with Crippen LogP contribution in [0.5, 0.6) is 0 Å². The standard InChI is InChI=1S/C12H24O/c1-12(2,10-13)9-8-11-6-4-3-5-7-11/h11,13H,3-10H2,1-2H3. The molecule has 0 amide bonds. The Morgan fingerprint density at radius 3 is 2.31 bits per heavy atom. The lowest BCUT2D eigenvalue weighted by atomic mass is 9.80. The van der Waals surface area contributed by atoms with E-state index in [0.29, 0.717) is 6.61 Å². The van der Waals surface area contributed by atoms with E-state index in [9.17, 15) is 0 Å². The van der Waals surface area contributed by atoms with Crippen LogP contribution >= 0.6 is 0 Å². The van der Waals surface area contributed by atoms with Crippen molar-refractivity contribution in [2.75, 3.05) is 6.61 Å². The van der Waals surface area contributed by atoms with Crippen LogP contribution < -0.4 is 0 Å². The monoisotopic (exact) mass is 184 g/mol. The first-order valence-electron chi connectivity index (χ1n) is 5.75. The molecule has 0 spiro atoms. The third-order valence-corrected chi connectivity index (χ3v) is 3.38. The molecule has 1 nitrogen and oxygen atoms in total. The summed E-state index contributed by atoms with van der Waals surface area (Å²) in [4.78, 5) is 0. The summed E-state index contributed by atoms with van der Waals surface area (Å²) in [5.41, 5.74) is 0.150. The van der Waals surface area contributed by atoms with Gasteiger partial charge in [-0.3, -0.25) is 0 Å². The molecule has 0 unspecified atom stereocenters. The summed E-state index contributed by atoms with van der Waals surface area (Å²) in [5, 5.41) is 9.12. The number of aliphatic hydroxyl groups excluding tert-OH is 1. The van der Waals surface area contributed by atoms with Crippen LogP contribution in [0.1, 0.15) is 58.8 Å². The molecule has 0 saturated heterocycles. The molecular weight excluding hydrogens is 160 g/mol. The molecule has 1 saturated carbocycles. The first-order chi connectivity index (χ1) is 6.14. The van der Waals surface area contributed by atoms with Crippen molar-refractivity contribution in [3.63, 3.8) is 0 Å². The average Bonchev–Trinajstić information content (AvgIpc) is 2.17. The van der Waals surface area contributed by atoms with Crippen molar-refractivity contribution >= 4 is 0 Å². The van der Waals surface area contributed by atoms with Gasteiger partial charge in [0.15, 0.2) is 0 Å². The minimum absolute atomic E-state index is 0.150. The Morgan fingerprint density at radius 2 is 1.77 bits per heavy atom. The van der Waals surface area contributed by atoms with E-state index in [2.05, 4.69) is 13.8 Å². The SMILES string of the molecule is CC(C)(CO)CCC1CCCCC1. The third kappa shape index (κ3) is 4.12. The van der Waals surface area contributed by atoms with Crippen molar-refractivity contribution in [2.45, 2.75) is 58.8 Å². The van der Waals surface area contributed by atoms with Gasteiger partial charge in [-0.2, -0.15) is 0 Å². The van der Waals surface area contributed by atoms with E-state index in [1.54, 1.807) is 0 Å². The summed E-state index contributed by atoms with van der Waals surface area (Å²) >= 11 is 0. The van der Waals surface area contributed by atoms with Crippen LogP contribution in [0, 0.1) is 11.3 Å². The fourth-order valence-electron chi connectivity index (χ4n) is 2.15. The van der Waals surface area contributed by atoms with E-state index in [4.69, 9.17) is 5.11 Å². The predicted octanol–water partition coefficient (Wildman–Crippen LogP) is 3.37. The summed E-state index contributed by atoms with van der Waals surface area (Å²) in [6, 6.07) is 0. The number of rotatable bonds is 4. The summed E-state index contributed by atoms with van der Waals surface area (Å²) in [6.45, 7) is 4.66. The molecule has 1 aliphatic rings. The van der Waals surface area contributed by atoms with Crippen LogP contribution in [-0.2, 0) is 0 Å². The normalized spacial score (nSPS) is 20.5. The molecule has 1 rings (SSSR count). The van der Waals surface area contributed by atoms with Gasteiger partial charge in [0.1, 0.15) is 0 Å².